The van der Waals surface area contributed by atoms with E-state index in [4.69, 9.17) is 5.73 Å². The number of aromatic nitrogens is 1. The van der Waals surface area contributed by atoms with E-state index in [0.717, 1.165) is 18.4 Å². The zero-order chi connectivity index (χ0) is 15.4. The van der Waals surface area contributed by atoms with Gasteiger partial charge >= 0.3 is 0 Å². The third kappa shape index (κ3) is 4.15. The molecule has 21 heavy (non-hydrogen) atoms. The number of nitro groups is 1. The van der Waals surface area contributed by atoms with Crippen LogP contribution >= 0.6 is 15.9 Å². The van der Waals surface area contributed by atoms with Gasteiger partial charge in [0.05, 0.1) is 11.5 Å². The second-order valence-corrected chi connectivity index (χ2v) is 6.01. The summed E-state index contributed by atoms with van der Waals surface area (Å²) in [6.45, 7) is 2.54. The van der Waals surface area contributed by atoms with Crippen molar-refractivity contribution in [3.63, 3.8) is 0 Å². The van der Waals surface area contributed by atoms with Crippen molar-refractivity contribution in [3.8, 4) is 0 Å². The highest BCUT2D eigenvalue weighted by atomic mass is 79.9. The molecule has 0 bridgehead atoms. The number of benzene rings is 1. The fraction of sp³-hybridized carbons (Fsp3) is 0.333. The molecule has 0 radical (unpaired) electrons. The van der Waals surface area contributed by atoms with E-state index in [0.29, 0.717) is 16.6 Å². The zero-order valence-corrected chi connectivity index (χ0v) is 13.4. The number of nitrogens with zero attached hydrogens (tertiary/aromatic N) is 2. The number of halogens is 1. The first-order valence-corrected chi connectivity index (χ1v) is 7.62. The van der Waals surface area contributed by atoms with Gasteiger partial charge in [-0.2, -0.15) is 0 Å². The molecule has 1 heterocycles. The van der Waals surface area contributed by atoms with E-state index in [9.17, 15) is 10.1 Å². The Bertz CT molecular complexity index is 640. The first kappa shape index (κ1) is 15.7. The molecule has 5 nitrogen and oxygen atoms in total. The van der Waals surface area contributed by atoms with E-state index >= 15 is 0 Å². The molecule has 1 atom stereocenters. The Morgan fingerprint density at radius 1 is 1.43 bits per heavy atom. The van der Waals surface area contributed by atoms with Gasteiger partial charge in [-0.3, -0.25) is 10.1 Å². The van der Waals surface area contributed by atoms with Gasteiger partial charge in [0.1, 0.15) is 0 Å². The molecule has 112 valence electrons. The predicted octanol–water partition coefficient (Wildman–Crippen LogP) is 3.49. The number of nitrogens with two attached hydrogens (primary N) is 1. The largest absolute Gasteiger partial charge is 0.349 e. The lowest BCUT2D eigenvalue weighted by Crippen LogP contribution is -2.21. The van der Waals surface area contributed by atoms with Crippen molar-refractivity contribution < 1.29 is 4.92 Å². The van der Waals surface area contributed by atoms with Gasteiger partial charge < -0.3 is 10.3 Å². The van der Waals surface area contributed by atoms with Crippen LogP contribution < -0.4 is 5.73 Å². The molecule has 0 spiro atoms. The van der Waals surface area contributed by atoms with Crippen LogP contribution in [0, 0.1) is 10.1 Å². The number of nitro benzene ring substituents is 1. The molecule has 0 aliphatic rings. The van der Waals surface area contributed by atoms with Gasteiger partial charge in [-0.05, 0) is 36.6 Å². The summed E-state index contributed by atoms with van der Waals surface area (Å²) in [5.74, 6) is 0. The molecule has 2 N–H and O–H groups in total. The third-order valence-corrected chi connectivity index (χ3v) is 3.92. The smallest absolute Gasteiger partial charge is 0.275 e. The monoisotopic (exact) mass is 351 g/mol. The first-order valence-electron chi connectivity index (χ1n) is 6.82. The van der Waals surface area contributed by atoms with Crippen molar-refractivity contribution >= 4 is 21.6 Å². The molecule has 0 aliphatic carbocycles. The summed E-state index contributed by atoms with van der Waals surface area (Å²) in [5.41, 5.74) is 7.91. The van der Waals surface area contributed by atoms with Gasteiger partial charge in [0.15, 0.2) is 0 Å². The highest BCUT2D eigenvalue weighted by Gasteiger charge is 2.14. The summed E-state index contributed by atoms with van der Waals surface area (Å²) in [6.07, 6.45) is 5.69. The molecule has 1 unspecified atom stereocenters. The lowest BCUT2D eigenvalue weighted by atomic mass is 10.1. The first-order chi connectivity index (χ1) is 9.99. The topological polar surface area (TPSA) is 74.1 Å². The zero-order valence-electron chi connectivity index (χ0n) is 11.8. The van der Waals surface area contributed by atoms with E-state index in [-0.39, 0.29) is 16.7 Å². The molecule has 1 aromatic carbocycles. The van der Waals surface area contributed by atoms with Crippen molar-refractivity contribution in [2.24, 2.45) is 5.73 Å². The van der Waals surface area contributed by atoms with E-state index < -0.39 is 0 Å². The maximum absolute atomic E-state index is 11.1. The lowest BCUT2D eigenvalue weighted by Gasteiger charge is -2.07. The Morgan fingerprint density at radius 3 is 2.86 bits per heavy atom. The molecule has 0 saturated carbocycles. The van der Waals surface area contributed by atoms with Gasteiger partial charge in [-0.1, -0.05) is 22.9 Å². The Labute approximate surface area is 132 Å². The van der Waals surface area contributed by atoms with Crippen LogP contribution in [0.2, 0.25) is 0 Å². The number of hydrogen-bond donors (Lipinski definition) is 1. The van der Waals surface area contributed by atoms with E-state index in [2.05, 4.69) is 22.9 Å². The fourth-order valence-electron chi connectivity index (χ4n) is 2.19. The van der Waals surface area contributed by atoms with Gasteiger partial charge in [-0.25, -0.2) is 0 Å². The van der Waals surface area contributed by atoms with Crippen LogP contribution in [0.25, 0.3) is 0 Å². The number of hydrogen-bond acceptors (Lipinski definition) is 3. The van der Waals surface area contributed by atoms with Crippen LogP contribution in [0.15, 0.2) is 41.1 Å². The van der Waals surface area contributed by atoms with Crippen molar-refractivity contribution in [2.75, 3.05) is 0 Å². The molecule has 0 saturated heterocycles. The molecule has 0 aliphatic heterocycles. The lowest BCUT2D eigenvalue weighted by molar-refractivity contribution is -0.385. The van der Waals surface area contributed by atoms with Crippen molar-refractivity contribution in [1.82, 2.24) is 4.57 Å². The predicted molar refractivity (Wildman–Crippen MR) is 86.3 cm³/mol. The van der Waals surface area contributed by atoms with Crippen LogP contribution in [-0.4, -0.2) is 15.5 Å². The molecule has 2 rings (SSSR count). The molecule has 2 aromatic rings. The van der Waals surface area contributed by atoms with Gasteiger partial charge in [0.2, 0.25) is 0 Å². The second-order valence-electron chi connectivity index (χ2n) is 5.09. The second kappa shape index (κ2) is 6.87. The summed E-state index contributed by atoms with van der Waals surface area (Å²) >= 11 is 3.26. The Kier molecular flexibility index (Phi) is 5.14. The summed E-state index contributed by atoms with van der Waals surface area (Å²) < 4.78 is 2.66. The Balaban J connectivity index is 2.17. The van der Waals surface area contributed by atoms with Crippen molar-refractivity contribution in [3.05, 3.63) is 62.4 Å². The average molecular weight is 352 g/mol. The quantitative estimate of drug-likeness (QED) is 0.639. The van der Waals surface area contributed by atoms with Crippen molar-refractivity contribution in [1.29, 1.82) is 0 Å². The van der Waals surface area contributed by atoms with Crippen molar-refractivity contribution in [2.45, 2.75) is 32.4 Å². The van der Waals surface area contributed by atoms with Gasteiger partial charge in [-0.15, -0.1) is 0 Å². The fourth-order valence-corrected chi connectivity index (χ4v) is 2.54. The standard InChI is InChI=1S/C15H18BrN3O2/c1-2-14(17)7-11-5-6-18(9-11)10-12-3-4-13(16)8-15(12)19(20)21/h3-6,8-9,14H,2,7,10,17H2,1H3. The Morgan fingerprint density at radius 2 is 2.19 bits per heavy atom. The highest BCUT2D eigenvalue weighted by molar-refractivity contribution is 9.10. The van der Waals surface area contributed by atoms with Crippen LogP contribution in [-0.2, 0) is 13.0 Å². The molecule has 0 amide bonds. The van der Waals surface area contributed by atoms with Crippen LogP contribution in [0.3, 0.4) is 0 Å². The molecular weight excluding hydrogens is 334 g/mol. The highest BCUT2D eigenvalue weighted by Crippen LogP contribution is 2.24. The van der Waals surface area contributed by atoms with E-state index in [1.165, 1.54) is 6.07 Å². The van der Waals surface area contributed by atoms with E-state index in [1.54, 1.807) is 6.07 Å². The summed E-state index contributed by atoms with van der Waals surface area (Å²) in [4.78, 5) is 10.8. The minimum atomic E-state index is -0.350. The molecule has 1 aromatic heterocycles. The minimum absolute atomic E-state index is 0.130. The van der Waals surface area contributed by atoms with Gasteiger partial charge in [0, 0.05) is 34.5 Å². The summed E-state index contributed by atoms with van der Waals surface area (Å²) in [5, 5.41) is 11.1. The Hall–Kier alpha value is -1.66. The maximum Gasteiger partial charge on any atom is 0.275 e. The molecule has 0 fully saturated rings. The van der Waals surface area contributed by atoms with Gasteiger partial charge in [0.25, 0.3) is 5.69 Å². The summed E-state index contributed by atoms with van der Waals surface area (Å²) in [7, 11) is 0. The van der Waals surface area contributed by atoms with Crippen LogP contribution in [0.1, 0.15) is 24.5 Å². The normalized spacial score (nSPS) is 12.3. The SMILES string of the molecule is CCC(N)Cc1ccn(Cc2ccc(Br)cc2[N+](=O)[O-])c1. The minimum Gasteiger partial charge on any atom is -0.349 e. The van der Waals surface area contributed by atoms with E-state index in [1.807, 2.05) is 29.1 Å². The average Bonchev–Trinajstić information content (AvgIpc) is 2.87. The molecular formula is C15H18BrN3O2. The molecule has 6 heteroatoms. The van der Waals surface area contributed by atoms with Crippen LogP contribution in [0.4, 0.5) is 5.69 Å². The van der Waals surface area contributed by atoms with Crippen LogP contribution in [0.5, 0.6) is 0 Å². The number of rotatable bonds is 6. The maximum atomic E-state index is 11.1. The third-order valence-electron chi connectivity index (χ3n) is 3.43. The summed E-state index contributed by atoms with van der Waals surface area (Å²) in [6, 6.07) is 7.30.